The van der Waals surface area contributed by atoms with Gasteiger partial charge >= 0.3 is 0 Å². The Labute approximate surface area is 132 Å². The van der Waals surface area contributed by atoms with Crippen LogP contribution in [-0.2, 0) is 0 Å². The van der Waals surface area contributed by atoms with Crippen LogP contribution in [0.15, 0.2) is 34.9 Å². The van der Waals surface area contributed by atoms with Crippen molar-refractivity contribution in [2.24, 2.45) is 0 Å². The average Bonchev–Trinajstić information content (AvgIpc) is 3.29. The van der Waals surface area contributed by atoms with E-state index in [1.165, 1.54) is 12.1 Å². The number of nitrogens with one attached hydrogen (secondary N) is 2. The number of carbonyl (C=O) groups excluding carboxylic acids is 1. The molecule has 0 spiro atoms. The number of carbonyl (C=O) groups is 1. The summed E-state index contributed by atoms with van der Waals surface area (Å²) in [5.74, 6) is 0.929. The first-order valence-electron chi connectivity index (χ1n) is 7.36. The van der Waals surface area contributed by atoms with Gasteiger partial charge in [0.25, 0.3) is 11.6 Å². The van der Waals surface area contributed by atoms with Crippen molar-refractivity contribution in [1.29, 1.82) is 0 Å². The number of benzene rings is 1. The monoisotopic (exact) mass is 316 g/mol. The number of rotatable bonds is 7. The van der Waals surface area contributed by atoms with Crippen LogP contribution in [0.1, 0.15) is 35.0 Å². The lowest BCUT2D eigenvalue weighted by molar-refractivity contribution is -0.384. The SMILES string of the molecule is O=C(NCCNc1ccc([N+](=O)[O-])cc1)c1cc(C2CC2)on1. The lowest BCUT2D eigenvalue weighted by atomic mass is 10.2. The molecule has 0 saturated heterocycles. The van der Waals surface area contributed by atoms with Crippen LogP contribution in [0.25, 0.3) is 0 Å². The van der Waals surface area contributed by atoms with Crippen molar-refractivity contribution in [2.45, 2.75) is 18.8 Å². The van der Waals surface area contributed by atoms with Gasteiger partial charge in [-0.15, -0.1) is 0 Å². The summed E-state index contributed by atoms with van der Waals surface area (Å²) in [4.78, 5) is 22.0. The lowest BCUT2D eigenvalue weighted by Crippen LogP contribution is -2.28. The molecule has 0 unspecified atom stereocenters. The molecule has 1 aliphatic rings. The number of non-ortho nitro benzene ring substituents is 1. The summed E-state index contributed by atoms with van der Waals surface area (Å²) in [6, 6.07) is 7.79. The third-order valence-corrected chi connectivity index (χ3v) is 3.56. The molecule has 8 heteroatoms. The zero-order valence-corrected chi connectivity index (χ0v) is 12.3. The maximum absolute atomic E-state index is 11.9. The van der Waals surface area contributed by atoms with E-state index >= 15 is 0 Å². The number of anilines is 1. The zero-order chi connectivity index (χ0) is 16.2. The molecule has 0 aliphatic heterocycles. The van der Waals surface area contributed by atoms with Crippen LogP contribution >= 0.6 is 0 Å². The molecule has 23 heavy (non-hydrogen) atoms. The van der Waals surface area contributed by atoms with E-state index in [2.05, 4.69) is 15.8 Å². The number of aromatic nitrogens is 1. The minimum Gasteiger partial charge on any atom is -0.383 e. The minimum atomic E-state index is -0.447. The standard InChI is InChI=1S/C15H16N4O4/c20-15(13-9-14(23-18-13)10-1-2-10)17-8-7-16-11-3-5-12(6-4-11)19(21)22/h3-6,9-10,16H,1-2,7-8H2,(H,17,20). The highest BCUT2D eigenvalue weighted by molar-refractivity contribution is 5.92. The molecule has 0 bridgehead atoms. The highest BCUT2D eigenvalue weighted by atomic mass is 16.6. The molecule has 1 aromatic carbocycles. The second-order valence-electron chi connectivity index (χ2n) is 5.38. The first-order valence-corrected chi connectivity index (χ1v) is 7.36. The van der Waals surface area contributed by atoms with Crippen LogP contribution in [0.5, 0.6) is 0 Å². The Bertz CT molecular complexity index is 707. The van der Waals surface area contributed by atoms with Gasteiger partial charge in [0.2, 0.25) is 0 Å². The van der Waals surface area contributed by atoms with Gasteiger partial charge in [0.1, 0.15) is 5.76 Å². The van der Waals surface area contributed by atoms with Crippen LogP contribution < -0.4 is 10.6 Å². The number of hydrogen-bond acceptors (Lipinski definition) is 6. The molecule has 1 fully saturated rings. The fourth-order valence-electron chi connectivity index (χ4n) is 2.13. The lowest BCUT2D eigenvalue weighted by Gasteiger charge is -2.06. The number of amides is 1. The summed E-state index contributed by atoms with van der Waals surface area (Å²) < 4.78 is 5.13. The van der Waals surface area contributed by atoms with Gasteiger partial charge in [-0.1, -0.05) is 5.16 Å². The predicted octanol–water partition coefficient (Wildman–Crippen LogP) is 2.30. The summed E-state index contributed by atoms with van der Waals surface area (Å²) in [6.45, 7) is 0.901. The highest BCUT2D eigenvalue weighted by Crippen LogP contribution is 2.40. The summed E-state index contributed by atoms with van der Waals surface area (Å²) >= 11 is 0. The fraction of sp³-hybridized carbons (Fsp3) is 0.333. The van der Waals surface area contributed by atoms with E-state index in [4.69, 9.17) is 4.52 Å². The number of hydrogen-bond donors (Lipinski definition) is 2. The van der Waals surface area contributed by atoms with Crippen LogP contribution in [0.4, 0.5) is 11.4 Å². The second kappa shape index (κ2) is 6.47. The van der Waals surface area contributed by atoms with E-state index in [0.717, 1.165) is 24.3 Å². The van der Waals surface area contributed by atoms with Gasteiger partial charge in [0.05, 0.1) is 4.92 Å². The molecule has 8 nitrogen and oxygen atoms in total. The van der Waals surface area contributed by atoms with E-state index in [1.807, 2.05) is 0 Å². The molecule has 0 atom stereocenters. The number of nitro groups is 1. The molecule has 1 amide bonds. The quantitative estimate of drug-likeness (QED) is 0.461. The largest absolute Gasteiger partial charge is 0.383 e. The smallest absolute Gasteiger partial charge is 0.273 e. The number of nitro benzene ring substituents is 1. The Kier molecular flexibility index (Phi) is 4.22. The number of nitrogens with zero attached hydrogens (tertiary/aromatic N) is 2. The maximum atomic E-state index is 11.9. The Morgan fingerprint density at radius 1 is 1.30 bits per heavy atom. The van der Waals surface area contributed by atoms with E-state index in [9.17, 15) is 14.9 Å². The molecular formula is C15H16N4O4. The van der Waals surface area contributed by atoms with Crippen molar-refractivity contribution < 1.29 is 14.2 Å². The minimum absolute atomic E-state index is 0.0429. The normalized spacial score (nSPS) is 13.6. The van der Waals surface area contributed by atoms with E-state index < -0.39 is 4.92 Å². The molecule has 1 aromatic heterocycles. The van der Waals surface area contributed by atoms with Gasteiger partial charge in [-0.2, -0.15) is 0 Å². The summed E-state index contributed by atoms with van der Waals surface area (Å²) in [5.41, 5.74) is 1.09. The van der Waals surface area contributed by atoms with E-state index in [-0.39, 0.29) is 11.6 Å². The van der Waals surface area contributed by atoms with Crippen LogP contribution in [0, 0.1) is 10.1 Å². The second-order valence-corrected chi connectivity index (χ2v) is 5.38. The van der Waals surface area contributed by atoms with Crippen molar-refractivity contribution in [1.82, 2.24) is 10.5 Å². The maximum Gasteiger partial charge on any atom is 0.273 e. The van der Waals surface area contributed by atoms with Gasteiger partial charge in [-0.3, -0.25) is 14.9 Å². The zero-order valence-electron chi connectivity index (χ0n) is 12.3. The van der Waals surface area contributed by atoms with E-state index in [1.54, 1.807) is 18.2 Å². The highest BCUT2D eigenvalue weighted by Gasteiger charge is 2.28. The topological polar surface area (TPSA) is 110 Å². The van der Waals surface area contributed by atoms with Gasteiger partial charge in [-0.05, 0) is 25.0 Å². The van der Waals surface area contributed by atoms with Crippen LogP contribution in [-0.4, -0.2) is 29.1 Å². The van der Waals surface area contributed by atoms with Crippen molar-refractivity contribution in [3.63, 3.8) is 0 Å². The molecular weight excluding hydrogens is 300 g/mol. The van der Waals surface area contributed by atoms with Crippen molar-refractivity contribution in [3.05, 3.63) is 51.9 Å². The van der Waals surface area contributed by atoms with Crippen molar-refractivity contribution in [3.8, 4) is 0 Å². The first kappa shape index (κ1) is 15.0. The van der Waals surface area contributed by atoms with Gasteiger partial charge in [-0.25, -0.2) is 0 Å². The third-order valence-electron chi connectivity index (χ3n) is 3.56. The third kappa shape index (κ3) is 3.85. The summed E-state index contributed by atoms with van der Waals surface area (Å²) in [5, 5.41) is 20.1. The Hall–Kier alpha value is -2.90. The Morgan fingerprint density at radius 2 is 2.04 bits per heavy atom. The van der Waals surface area contributed by atoms with Crippen molar-refractivity contribution >= 4 is 17.3 Å². The van der Waals surface area contributed by atoms with Gasteiger partial charge < -0.3 is 15.2 Å². The van der Waals surface area contributed by atoms with E-state index in [0.29, 0.717) is 24.7 Å². The predicted molar refractivity (Wildman–Crippen MR) is 82.4 cm³/mol. The molecule has 1 aliphatic carbocycles. The Balaban J connectivity index is 1.41. The average molecular weight is 316 g/mol. The molecule has 1 saturated carbocycles. The van der Waals surface area contributed by atoms with Crippen LogP contribution in [0.2, 0.25) is 0 Å². The van der Waals surface area contributed by atoms with Crippen molar-refractivity contribution in [2.75, 3.05) is 18.4 Å². The molecule has 3 rings (SSSR count). The molecule has 1 heterocycles. The molecule has 2 aromatic rings. The van der Waals surface area contributed by atoms with Gasteiger partial charge in [0, 0.05) is 42.9 Å². The van der Waals surface area contributed by atoms with Crippen LogP contribution in [0.3, 0.4) is 0 Å². The molecule has 120 valence electrons. The molecule has 0 radical (unpaired) electrons. The molecule has 2 N–H and O–H groups in total. The summed E-state index contributed by atoms with van der Waals surface area (Å²) in [6.07, 6.45) is 2.19. The van der Waals surface area contributed by atoms with Gasteiger partial charge in [0.15, 0.2) is 5.69 Å². The summed E-state index contributed by atoms with van der Waals surface area (Å²) in [7, 11) is 0. The first-order chi connectivity index (χ1) is 11.1. The Morgan fingerprint density at radius 3 is 2.70 bits per heavy atom. The fourth-order valence-corrected chi connectivity index (χ4v) is 2.13.